The Morgan fingerprint density at radius 1 is 1.30 bits per heavy atom. The van der Waals surface area contributed by atoms with E-state index in [0.717, 1.165) is 6.42 Å². The van der Waals surface area contributed by atoms with Gasteiger partial charge >= 0.3 is 0 Å². The number of aliphatic imine (C=N–C) groups is 1. The van der Waals surface area contributed by atoms with Gasteiger partial charge in [0.25, 0.3) is 0 Å². The minimum atomic E-state index is 0. The zero-order valence-corrected chi connectivity index (χ0v) is 15.5. The summed E-state index contributed by atoms with van der Waals surface area (Å²) in [7, 11) is 0. The molecule has 5 heteroatoms. The molecule has 0 saturated heterocycles. The van der Waals surface area contributed by atoms with Gasteiger partial charge in [0, 0.05) is 11.5 Å². The summed E-state index contributed by atoms with van der Waals surface area (Å²) in [5, 5.41) is 3.36. The zero-order valence-electron chi connectivity index (χ0n) is 13.2. The minimum Gasteiger partial charge on any atom is -0.375 e. The number of nitrogens with zero attached hydrogens (tertiary/aromatic N) is 1. The summed E-state index contributed by atoms with van der Waals surface area (Å²) < 4.78 is 5.92. The van der Waals surface area contributed by atoms with Gasteiger partial charge in [-0.25, -0.2) is 4.99 Å². The van der Waals surface area contributed by atoms with Gasteiger partial charge in [-0.1, -0.05) is 26.7 Å². The molecule has 0 aromatic rings. The molecule has 0 radical (unpaired) electrons. The predicted molar refractivity (Wildman–Crippen MR) is 94.6 cm³/mol. The van der Waals surface area contributed by atoms with E-state index in [1.54, 1.807) is 0 Å². The van der Waals surface area contributed by atoms with E-state index in [0.29, 0.717) is 18.1 Å². The Morgan fingerprint density at radius 2 is 1.90 bits per heavy atom. The monoisotopic (exact) mass is 395 g/mol. The van der Waals surface area contributed by atoms with Crippen molar-refractivity contribution in [3.63, 3.8) is 0 Å². The second-order valence-corrected chi connectivity index (χ2v) is 6.89. The number of hydrogen-bond acceptors (Lipinski definition) is 2. The number of halogens is 1. The van der Waals surface area contributed by atoms with Crippen molar-refractivity contribution in [3.05, 3.63) is 0 Å². The summed E-state index contributed by atoms with van der Waals surface area (Å²) in [6.07, 6.45) is 6.64. The molecule has 2 saturated carbocycles. The molecule has 2 atom stereocenters. The van der Waals surface area contributed by atoms with Gasteiger partial charge in [0.05, 0.1) is 18.2 Å². The SMILES string of the molecule is CC(C)OC1CC(N=C(N)NC2CCCC2)C1(C)C.I. The van der Waals surface area contributed by atoms with Crippen LogP contribution in [0.4, 0.5) is 0 Å². The lowest BCUT2D eigenvalue weighted by atomic mass is 9.64. The maximum Gasteiger partial charge on any atom is 0.189 e. The molecule has 2 aliphatic carbocycles. The summed E-state index contributed by atoms with van der Waals surface area (Å²) in [5.41, 5.74) is 6.12. The van der Waals surface area contributed by atoms with E-state index in [2.05, 4.69) is 38.0 Å². The van der Waals surface area contributed by atoms with Crippen LogP contribution in [0.25, 0.3) is 0 Å². The van der Waals surface area contributed by atoms with Crippen LogP contribution >= 0.6 is 24.0 Å². The van der Waals surface area contributed by atoms with Gasteiger partial charge in [0.2, 0.25) is 0 Å². The first kappa shape index (κ1) is 18.0. The van der Waals surface area contributed by atoms with E-state index in [1.807, 2.05) is 0 Å². The third-order valence-corrected chi connectivity index (χ3v) is 4.56. The fraction of sp³-hybridized carbons (Fsp3) is 0.933. The Bertz CT molecular complexity index is 338. The van der Waals surface area contributed by atoms with Crippen LogP contribution in [0.15, 0.2) is 4.99 Å². The van der Waals surface area contributed by atoms with Crippen molar-refractivity contribution in [1.82, 2.24) is 5.32 Å². The standard InChI is InChI=1S/C15H29N3O.HI/c1-10(2)19-13-9-12(15(13,3)4)18-14(16)17-11-7-5-6-8-11;/h10-13H,5-9H2,1-4H3,(H3,16,17,18);1H. The van der Waals surface area contributed by atoms with E-state index in [-0.39, 0.29) is 41.5 Å². The molecule has 2 aliphatic rings. The molecule has 4 nitrogen and oxygen atoms in total. The molecule has 0 spiro atoms. The molecular formula is C15H30IN3O. The van der Waals surface area contributed by atoms with Crippen LogP contribution < -0.4 is 11.1 Å². The first-order valence-electron chi connectivity index (χ1n) is 7.65. The third-order valence-electron chi connectivity index (χ3n) is 4.56. The van der Waals surface area contributed by atoms with Crippen LogP contribution in [0, 0.1) is 5.41 Å². The van der Waals surface area contributed by atoms with Gasteiger partial charge in [-0.05, 0) is 33.1 Å². The zero-order chi connectivity index (χ0) is 14.0. The summed E-state index contributed by atoms with van der Waals surface area (Å²) in [5.74, 6) is 0.618. The Balaban J connectivity index is 0.00000200. The van der Waals surface area contributed by atoms with Crippen molar-refractivity contribution in [2.45, 2.75) is 84.1 Å². The van der Waals surface area contributed by atoms with E-state index >= 15 is 0 Å². The lowest BCUT2D eigenvalue weighted by Crippen LogP contribution is -2.55. The summed E-state index contributed by atoms with van der Waals surface area (Å²) in [6, 6.07) is 0.819. The highest BCUT2D eigenvalue weighted by Crippen LogP contribution is 2.45. The van der Waals surface area contributed by atoms with E-state index < -0.39 is 0 Å². The van der Waals surface area contributed by atoms with Gasteiger partial charge in [-0.15, -0.1) is 24.0 Å². The second kappa shape index (κ2) is 7.29. The predicted octanol–water partition coefficient (Wildman–Crippen LogP) is 3.04. The van der Waals surface area contributed by atoms with Crippen molar-refractivity contribution in [2.24, 2.45) is 16.1 Å². The maximum atomic E-state index is 6.03. The highest BCUT2D eigenvalue weighted by Gasteiger charge is 2.49. The van der Waals surface area contributed by atoms with Gasteiger partial charge in [0.1, 0.15) is 0 Å². The molecule has 2 unspecified atom stereocenters. The average molecular weight is 395 g/mol. The lowest BCUT2D eigenvalue weighted by Gasteiger charge is -2.50. The van der Waals surface area contributed by atoms with Gasteiger partial charge < -0.3 is 15.8 Å². The van der Waals surface area contributed by atoms with Gasteiger partial charge in [0.15, 0.2) is 5.96 Å². The fourth-order valence-corrected chi connectivity index (χ4v) is 3.13. The largest absolute Gasteiger partial charge is 0.375 e. The first-order valence-corrected chi connectivity index (χ1v) is 7.65. The summed E-state index contributed by atoms with van der Waals surface area (Å²) in [6.45, 7) is 8.62. The van der Waals surface area contributed by atoms with Crippen molar-refractivity contribution < 1.29 is 4.74 Å². The van der Waals surface area contributed by atoms with Crippen molar-refractivity contribution in [1.29, 1.82) is 0 Å². The molecule has 3 N–H and O–H groups in total. The molecule has 2 fully saturated rings. The molecule has 0 heterocycles. The lowest BCUT2D eigenvalue weighted by molar-refractivity contribution is -0.129. The molecule has 0 aromatic heterocycles. The Hall–Kier alpha value is -0.0400. The third kappa shape index (κ3) is 4.23. The first-order chi connectivity index (χ1) is 8.89. The topological polar surface area (TPSA) is 59.6 Å². The Kier molecular flexibility index (Phi) is 6.57. The Labute approximate surface area is 140 Å². The molecule has 0 amide bonds. The number of nitrogens with one attached hydrogen (secondary N) is 1. The maximum absolute atomic E-state index is 6.03. The second-order valence-electron chi connectivity index (χ2n) is 6.89. The number of ether oxygens (including phenoxy) is 1. The molecule has 118 valence electrons. The minimum absolute atomic E-state index is 0. The fourth-order valence-electron chi connectivity index (χ4n) is 3.13. The van der Waals surface area contributed by atoms with Crippen LogP contribution in [0.1, 0.15) is 59.8 Å². The van der Waals surface area contributed by atoms with Crippen molar-refractivity contribution >= 4 is 29.9 Å². The number of hydrogen-bond donors (Lipinski definition) is 2. The van der Waals surface area contributed by atoms with Crippen LogP contribution in [-0.2, 0) is 4.74 Å². The summed E-state index contributed by atoms with van der Waals surface area (Å²) >= 11 is 0. The number of nitrogens with two attached hydrogens (primary N) is 1. The molecule has 0 bridgehead atoms. The molecule has 0 aromatic carbocycles. The van der Waals surface area contributed by atoms with Crippen molar-refractivity contribution in [3.8, 4) is 0 Å². The quantitative estimate of drug-likeness (QED) is 0.437. The molecule has 20 heavy (non-hydrogen) atoms. The van der Waals surface area contributed by atoms with Crippen LogP contribution in [0.5, 0.6) is 0 Å². The highest BCUT2D eigenvalue weighted by atomic mass is 127. The van der Waals surface area contributed by atoms with E-state index in [9.17, 15) is 0 Å². The van der Waals surface area contributed by atoms with Gasteiger partial charge in [-0.3, -0.25) is 0 Å². The number of guanidine groups is 1. The van der Waals surface area contributed by atoms with Crippen LogP contribution in [-0.4, -0.2) is 30.3 Å². The van der Waals surface area contributed by atoms with Crippen LogP contribution in [0.2, 0.25) is 0 Å². The number of rotatable bonds is 4. The molecule has 2 rings (SSSR count). The molecule has 0 aliphatic heterocycles. The smallest absolute Gasteiger partial charge is 0.189 e. The van der Waals surface area contributed by atoms with E-state index in [1.165, 1.54) is 25.7 Å². The highest BCUT2D eigenvalue weighted by molar-refractivity contribution is 14.0. The van der Waals surface area contributed by atoms with Gasteiger partial charge in [-0.2, -0.15) is 0 Å². The molecular weight excluding hydrogens is 365 g/mol. The Morgan fingerprint density at radius 3 is 2.40 bits per heavy atom. The average Bonchev–Trinajstić information content (AvgIpc) is 2.80. The van der Waals surface area contributed by atoms with E-state index in [4.69, 9.17) is 10.5 Å². The van der Waals surface area contributed by atoms with Crippen molar-refractivity contribution in [2.75, 3.05) is 0 Å². The summed E-state index contributed by atoms with van der Waals surface area (Å²) in [4.78, 5) is 4.66. The normalized spacial score (nSPS) is 29.9. The van der Waals surface area contributed by atoms with Crippen LogP contribution in [0.3, 0.4) is 0 Å².